The SMILES string of the molecule is CCc1nc(C)n(CC(=O)N2CCN(c3sc(C(F)(F)F)nc3-c3cnc(C(F)(F)F)nc3)C[C@@H]2CO)n1. The first-order chi connectivity index (χ1) is 17.8. The zero-order valence-electron chi connectivity index (χ0n) is 20.1. The Labute approximate surface area is 216 Å². The molecule has 4 heterocycles. The molecule has 1 aliphatic heterocycles. The molecule has 1 N–H and O–H groups in total. The minimum absolute atomic E-state index is 0.0194. The number of piperazine rings is 1. The molecule has 1 fully saturated rings. The number of aromatic nitrogens is 6. The molecule has 17 heteroatoms. The number of nitrogens with zero attached hydrogens (tertiary/aromatic N) is 8. The minimum atomic E-state index is -4.82. The number of thiazole rings is 1. The van der Waals surface area contributed by atoms with E-state index in [0.29, 0.717) is 29.4 Å². The van der Waals surface area contributed by atoms with E-state index in [1.807, 2.05) is 6.92 Å². The number of halogens is 6. The summed E-state index contributed by atoms with van der Waals surface area (Å²) >= 11 is 0.314. The molecule has 0 bridgehead atoms. The largest absolute Gasteiger partial charge is 0.451 e. The van der Waals surface area contributed by atoms with Crippen molar-refractivity contribution in [2.45, 2.75) is 45.2 Å². The van der Waals surface area contributed by atoms with Crippen molar-refractivity contribution >= 4 is 22.2 Å². The van der Waals surface area contributed by atoms with Crippen molar-refractivity contribution < 1.29 is 36.2 Å². The number of carbonyl (C=O) groups is 1. The Bertz CT molecular complexity index is 1290. The maximum Gasteiger partial charge on any atom is 0.451 e. The number of amides is 1. The van der Waals surface area contributed by atoms with E-state index < -0.39 is 35.8 Å². The monoisotopic (exact) mass is 564 g/mol. The Morgan fingerprint density at radius 1 is 1.11 bits per heavy atom. The molecule has 0 saturated carbocycles. The summed E-state index contributed by atoms with van der Waals surface area (Å²) in [5, 5.41) is 13.1. The van der Waals surface area contributed by atoms with Crippen molar-refractivity contribution in [2.24, 2.45) is 0 Å². The number of alkyl halides is 6. The van der Waals surface area contributed by atoms with E-state index in [9.17, 15) is 36.2 Å². The summed E-state index contributed by atoms with van der Waals surface area (Å²) < 4.78 is 80.5. The maximum atomic E-state index is 13.5. The van der Waals surface area contributed by atoms with Crippen molar-refractivity contribution in [1.29, 1.82) is 0 Å². The molecule has 10 nitrogen and oxygen atoms in total. The zero-order valence-corrected chi connectivity index (χ0v) is 20.9. The van der Waals surface area contributed by atoms with Crippen LogP contribution in [0.15, 0.2) is 12.4 Å². The van der Waals surface area contributed by atoms with Crippen LogP contribution in [0.25, 0.3) is 11.3 Å². The summed E-state index contributed by atoms with van der Waals surface area (Å²) in [6.07, 6.45) is -7.50. The molecule has 3 aromatic rings. The molecule has 4 rings (SSSR count). The lowest BCUT2D eigenvalue weighted by molar-refractivity contribution is -0.145. The lowest BCUT2D eigenvalue weighted by Gasteiger charge is -2.41. The summed E-state index contributed by atoms with van der Waals surface area (Å²) in [5.74, 6) is -0.669. The van der Waals surface area contributed by atoms with Crippen LogP contribution in [0.3, 0.4) is 0 Å². The highest BCUT2D eigenvalue weighted by Crippen LogP contribution is 2.43. The van der Waals surface area contributed by atoms with Crippen LogP contribution in [0.1, 0.15) is 29.4 Å². The van der Waals surface area contributed by atoms with Gasteiger partial charge in [0, 0.05) is 44.0 Å². The molecule has 0 spiro atoms. The fourth-order valence-electron chi connectivity index (χ4n) is 3.95. The number of hydrogen-bond donors (Lipinski definition) is 1. The molecular weight excluding hydrogens is 542 g/mol. The van der Waals surface area contributed by atoms with Crippen molar-refractivity contribution in [3.63, 3.8) is 0 Å². The van der Waals surface area contributed by atoms with Crippen LogP contribution >= 0.6 is 11.3 Å². The lowest BCUT2D eigenvalue weighted by atomic mass is 10.1. The molecule has 0 aromatic carbocycles. The van der Waals surface area contributed by atoms with Crippen LogP contribution in [0.4, 0.5) is 31.3 Å². The molecule has 1 aliphatic rings. The van der Waals surface area contributed by atoms with Gasteiger partial charge in [0.15, 0.2) is 5.82 Å². The third-order valence-electron chi connectivity index (χ3n) is 5.83. The van der Waals surface area contributed by atoms with E-state index in [-0.39, 0.29) is 48.3 Å². The Morgan fingerprint density at radius 3 is 2.34 bits per heavy atom. The second kappa shape index (κ2) is 10.4. The van der Waals surface area contributed by atoms with Crippen LogP contribution in [-0.2, 0) is 30.1 Å². The summed E-state index contributed by atoms with van der Waals surface area (Å²) in [4.78, 5) is 30.3. The van der Waals surface area contributed by atoms with Crippen molar-refractivity contribution in [2.75, 3.05) is 31.1 Å². The van der Waals surface area contributed by atoms with Crippen LogP contribution in [0, 0.1) is 6.92 Å². The van der Waals surface area contributed by atoms with Gasteiger partial charge in [-0.15, -0.1) is 0 Å². The number of hydrogen-bond acceptors (Lipinski definition) is 9. The highest BCUT2D eigenvalue weighted by molar-refractivity contribution is 7.16. The van der Waals surface area contributed by atoms with Crippen LogP contribution in [-0.4, -0.2) is 77.9 Å². The summed E-state index contributed by atoms with van der Waals surface area (Å²) in [7, 11) is 0. The Balaban J connectivity index is 1.59. The second-order valence-electron chi connectivity index (χ2n) is 8.42. The quantitative estimate of drug-likeness (QED) is 0.455. The third kappa shape index (κ3) is 5.72. The Morgan fingerprint density at radius 2 is 1.79 bits per heavy atom. The van der Waals surface area contributed by atoms with Crippen LogP contribution in [0.5, 0.6) is 0 Å². The van der Waals surface area contributed by atoms with E-state index in [0.717, 1.165) is 12.4 Å². The number of carbonyl (C=O) groups excluding carboxylic acids is 1. The van der Waals surface area contributed by atoms with Gasteiger partial charge >= 0.3 is 12.4 Å². The lowest BCUT2D eigenvalue weighted by Crippen LogP contribution is -2.57. The van der Waals surface area contributed by atoms with Crippen molar-refractivity contribution in [3.05, 3.63) is 34.9 Å². The first kappa shape index (κ1) is 27.7. The first-order valence-electron chi connectivity index (χ1n) is 11.3. The number of aliphatic hydroxyl groups excluding tert-OH is 1. The maximum absolute atomic E-state index is 13.5. The standard InChI is InChI=1S/C21H22F6N8O2S/c1-3-14-30-11(2)35(32-14)9-15(37)34-5-4-33(8-13(34)10-36)17-16(31-19(38-17)21(25,26)27)12-6-28-18(29-7-12)20(22,23)24/h6-7,13,36H,3-5,8-10H2,1-2H3/t13-/m1/s1. The Kier molecular flexibility index (Phi) is 7.60. The van der Waals surface area contributed by atoms with Gasteiger partial charge in [-0.05, 0) is 6.92 Å². The third-order valence-corrected chi connectivity index (χ3v) is 6.99. The van der Waals surface area contributed by atoms with Crippen LogP contribution in [0.2, 0.25) is 0 Å². The smallest absolute Gasteiger partial charge is 0.394 e. The van der Waals surface area contributed by atoms with Gasteiger partial charge in [-0.25, -0.2) is 24.6 Å². The second-order valence-corrected chi connectivity index (χ2v) is 9.40. The average Bonchev–Trinajstić information content (AvgIpc) is 3.47. The topological polar surface area (TPSA) is 113 Å². The summed E-state index contributed by atoms with van der Waals surface area (Å²) in [6, 6.07) is -0.765. The number of aliphatic hydroxyl groups is 1. The first-order valence-corrected chi connectivity index (χ1v) is 12.2. The average molecular weight is 565 g/mol. The fraction of sp³-hybridized carbons (Fsp3) is 0.524. The van der Waals surface area contributed by atoms with E-state index in [2.05, 4.69) is 25.0 Å². The molecule has 0 aliphatic carbocycles. The van der Waals surface area contributed by atoms with Gasteiger partial charge in [-0.3, -0.25) is 4.79 Å². The summed E-state index contributed by atoms with van der Waals surface area (Å²) in [6.45, 7) is 3.11. The zero-order chi connectivity index (χ0) is 27.8. The van der Waals surface area contributed by atoms with E-state index >= 15 is 0 Å². The number of anilines is 1. The molecule has 1 saturated heterocycles. The van der Waals surface area contributed by atoms with Gasteiger partial charge < -0.3 is 14.9 Å². The predicted octanol–water partition coefficient (Wildman–Crippen LogP) is 2.81. The molecule has 0 unspecified atom stereocenters. The van der Waals surface area contributed by atoms with E-state index in [1.54, 1.807) is 6.92 Å². The van der Waals surface area contributed by atoms with Gasteiger partial charge in [0.2, 0.25) is 16.7 Å². The predicted molar refractivity (Wildman–Crippen MR) is 122 cm³/mol. The van der Waals surface area contributed by atoms with Gasteiger partial charge in [0.05, 0.1) is 12.6 Å². The minimum Gasteiger partial charge on any atom is -0.394 e. The highest BCUT2D eigenvalue weighted by atomic mass is 32.1. The molecule has 206 valence electrons. The number of aryl methyl sites for hydroxylation is 2. The fourth-order valence-corrected chi connectivity index (χ4v) is 4.94. The highest BCUT2D eigenvalue weighted by Gasteiger charge is 2.39. The van der Waals surface area contributed by atoms with E-state index in [4.69, 9.17) is 0 Å². The van der Waals surface area contributed by atoms with Gasteiger partial charge in [0.1, 0.15) is 23.1 Å². The molecule has 38 heavy (non-hydrogen) atoms. The van der Waals surface area contributed by atoms with Crippen molar-refractivity contribution in [1.82, 2.24) is 34.6 Å². The van der Waals surface area contributed by atoms with E-state index in [1.165, 1.54) is 14.5 Å². The van der Waals surface area contributed by atoms with Crippen LogP contribution < -0.4 is 4.90 Å². The molecule has 0 radical (unpaired) electrons. The molecular formula is C21H22F6N8O2S. The Hall–Kier alpha value is -3.34. The van der Waals surface area contributed by atoms with Gasteiger partial charge in [-0.1, -0.05) is 18.3 Å². The molecule has 1 atom stereocenters. The van der Waals surface area contributed by atoms with Gasteiger partial charge in [-0.2, -0.15) is 31.4 Å². The molecule has 1 amide bonds. The number of rotatable bonds is 6. The molecule has 3 aromatic heterocycles. The van der Waals surface area contributed by atoms with Crippen molar-refractivity contribution in [3.8, 4) is 11.3 Å². The summed E-state index contributed by atoms with van der Waals surface area (Å²) in [5.41, 5.74) is -0.370. The normalized spacial score (nSPS) is 16.8. The van der Waals surface area contributed by atoms with Gasteiger partial charge in [0.25, 0.3) is 0 Å².